The summed E-state index contributed by atoms with van der Waals surface area (Å²) in [7, 11) is 0. The number of hydrogen-bond acceptors (Lipinski definition) is 4. The highest BCUT2D eigenvalue weighted by molar-refractivity contribution is 5.85. The van der Waals surface area contributed by atoms with Crippen LogP contribution in [0.4, 0.5) is 19.0 Å². The third-order valence-electron chi connectivity index (χ3n) is 5.55. The van der Waals surface area contributed by atoms with Crippen molar-refractivity contribution in [1.29, 1.82) is 5.26 Å². The summed E-state index contributed by atoms with van der Waals surface area (Å²) >= 11 is 0. The highest BCUT2D eigenvalue weighted by atomic mass is 35.5. The number of halogens is 5. The Morgan fingerprint density at radius 2 is 1.72 bits per heavy atom. The van der Waals surface area contributed by atoms with Crippen molar-refractivity contribution in [1.82, 2.24) is 14.5 Å². The van der Waals surface area contributed by atoms with E-state index >= 15 is 0 Å². The Balaban J connectivity index is 0.00000181. The number of nitriles is 1. The molecule has 1 aliphatic heterocycles. The lowest BCUT2D eigenvalue weighted by atomic mass is 10.2. The van der Waals surface area contributed by atoms with Gasteiger partial charge in [-0.3, -0.25) is 4.90 Å². The number of benzene rings is 1. The van der Waals surface area contributed by atoms with E-state index in [9.17, 15) is 13.2 Å². The Morgan fingerprint density at radius 1 is 0.969 bits per heavy atom. The van der Waals surface area contributed by atoms with Gasteiger partial charge < -0.3 is 9.47 Å². The van der Waals surface area contributed by atoms with E-state index in [0.717, 1.165) is 55.6 Å². The molecule has 0 saturated carbocycles. The van der Waals surface area contributed by atoms with Crippen molar-refractivity contribution in [2.24, 2.45) is 0 Å². The summed E-state index contributed by atoms with van der Waals surface area (Å²) in [5.41, 5.74) is 1.06. The van der Waals surface area contributed by atoms with Crippen LogP contribution >= 0.6 is 24.8 Å². The standard InChI is InChI=1S/C22H22F3N5.2ClH/c23-22(24,25)19-4-6-27-21(15-19)30-12-10-28(11-13-30)7-1-8-29-9-5-18-3-2-17(16-26)14-20(18)29;;/h2-6,9,14-15H,1,7-8,10-13H2;2*1H. The average Bonchev–Trinajstić information content (AvgIpc) is 3.16. The van der Waals surface area contributed by atoms with Crippen LogP contribution in [0.1, 0.15) is 17.5 Å². The van der Waals surface area contributed by atoms with E-state index in [-0.39, 0.29) is 24.8 Å². The summed E-state index contributed by atoms with van der Waals surface area (Å²) < 4.78 is 40.9. The monoisotopic (exact) mass is 485 g/mol. The van der Waals surface area contributed by atoms with Gasteiger partial charge in [-0.05, 0) is 48.7 Å². The number of alkyl halides is 3. The van der Waals surface area contributed by atoms with Crippen LogP contribution in [0.3, 0.4) is 0 Å². The largest absolute Gasteiger partial charge is 0.416 e. The average molecular weight is 486 g/mol. The van der Waals surface area contributed by atoms with Crippen molar-refractivity contribution in [2.45, 2.75) is 19.1 Å². The zero-order valence-electron chi connectivity index (χ0n) is 17.3. The molecule has 1 fully saturated rings. The van der Waals surface area contributed by atoms with Crippen LogP contribution < -0.4 is 4.90 Å². The molecule has 10 heteroatoms. The molecule has 0 N–H and O–H groups in total. The molecule has 0 radical (unpaired) electrons. The predicted molar refractivity (Wildman–Crippen MR) is 124 cm³/mol. The number of hydrogen-bond donors (Lipinski definition) is 0. The number of anilines is 1. The highest BCUT2D eigenvalue weighted by Crippen LogP contribution is 2.30. The first-order valence-corrected chi connectivity index (χ1v) is 9.93. The van der Waals surface area contributed by atoms with E-state index in [2.05, 4.69) is 26.6 Å². The van der Waals surface area contributed by atoms with Crippen molar-refractivity contribution < 1.29 is 13.2 Å². The van der Waals surface area contributed by atoms with E-state index in [1.807, 2.05) is 29.3 Å². The van der Waals surface area contributed by atoms with Crippen molar-refractivity contribution in [3.63, 3.8) is 0 Å². The van der Waals surface area contributed by atoms with E-state index in [4.69, 9.17) is 5.26 Å². The molecule has 4 rings (SSSR count). The van der Waals surface area contributed by atoms with Gasteiger partial charge in [0.2, 0.25) is 0 Å². The maximum atomic E-state index is 12.9. The first-order valence-electron chi connectivity index (χ1n) is 9.93. The molecule has 1 aliphatic rings. The van der Waals surface area contributed by atoms with Gasteiger partial charge >= 0.3 is 6.18 Å². The van der Waals surface area contributed by atoms with Gasteiger partial charge in [-0.15, -0.1) is 24.8 Å². The van der Waals surface area contributed by atoms with Crippen LogP contribution in [0.5, 0.6) is 0 Å². The molecule has 3 aromatic rings. The second kappa shape index (κ2) is 10.9. The molecule has 0 unspecified atom stereocenters. The van der Waals surface area contributed by atoms with Crippen molar-refractivity contribution in [3.05, 3.63) is 59.9 Å². The van der Waals surface area contributed by atoms with Crippen LogP contribution in [-0.2, 0) is 12.7 Å². The molecule has 0 atom stereocenters. The summed E-state index contributed by atoms with van der Waals surface area (Å²) in [5, 5.41) is 10.2. The number of piperazine rings is 1. The highest BCUT2D eigenvalue weighted by Gasteiger charge is 2.31. The lowest BCUT2D eigenvalue weighted by molar-refractivity contribution is -0.137. The van der Waals surface area contributed by atoms with Gasteiger partial charge in [0.05, 0.1) is 17.2 Å². The smallest absolute Gasteiger partial charge is 0.354 e. The minimum atomic E-state index is -4.35. The molecule has 0 amide bonds. The van der Waals surface area contributed by atoms with Gasteiger partial charge in [-0.2, -0.15) is 18.4 Å². The third kappa shape index (κ3) is 5.85. The summed E-state index contributed by atoms with van der Waals surface area (Å²) in [4.78, 5) is 8.36. The van der Waals surface area contributed by atoms with E-state index in [1.54, 1.807) is 0 Å². The molecular formula is C22H24Cl2F3N5. The van der Waals surface area contributed by atoms with Gasteiger partial charge in [0, 0.05) is 50.6 Å². The fraction of sp³-hybridized carbons (Fsp3) is 0.364. The molecule has 0 spiro atoms. The fourth-order valence-corrected chi connectivity index (χ4v) is 3.88. The second-order valence-electron chi connectivity index (χ2n) is 7.48. The molecular weight excluding hydrogens is 462 g/mol. The Morgan fingerprint density at radius 3 is 2.41 bits per heavy atom. The molecule has 0 aliphatic carbocycles. The molecule has 0 bridgehead atoms. The van der Waals surface area contributed by atoms with Gasteiger partial charge in [-0.25, -0.2) is 4.98 Å². The molecule has 2 aromatic heterocycles. The number of rotatable bonds is 5. The van der Waals surface area contributed by atoms with Crippen LogP contribution in [-0.4, -0.2) is 47.2 Å². The number of fused-ring (bicyclic) bond motifs is 1. The number of pyridine rings is 1. The molecule has 32 heavy (non-hydrogen) atoms. The topological polar surface area (TPSA) is 48.1 Å². The van der Waals surface area contributed by atoms with Gasteiger partial charge in [0.15, 0.2) is 0 Å². The van der Waals surface area contributed by atoms with Crippen LogP contribution in [0.15, 0.2) is 48.8 Å². The summed E-state index contributed by atoms with van der Waals surface area (Å²) in [6, 6.07) is 12.1. The zero-order valence-corrected chi connectivity index (χ0v) is 18.9. The minimum Gasteiger partial charge on any atom is -0.354 e. The zero-order chi connectivity index (χ0) is 21.1. The van der Waals surface area contributed by atoms with Crippen molar-refractivity contribution in [3.8, 4) is 6.07 Å². The molecule has 1 saturated heterocycles. The first-order chi connectivity index (χ1) is 14.4. The lowest BCUT2D eigenvalue weighted by Crippen LogP contribution is -2.47. The SMILES string of the molecule is Cl.Cl.N#Cc1ccc2ccn(CCCN3CCN(c4cc(C(F)(F)F)ccn4)CC3)c2c1. The number of aromatic nitrogens is 2. The number of aryl methyl sites for hydroxylation is 1. The van der Waals surface area contributed by atoms with E-state index in [1.165, 1.54) is 6.20 Å². The van der Waals surface area contributed by atoms with Crippen LogP contribution in [0.2, 0.25) is 0 Å². The fourth-order valence-electron chi connectivity index (χ4n) is 3.88. The van der Waals surface area contributed by atoms with Gasteiger partial charge in [0.1, 0.15) is 5.82 Å². The molecule has 5 nitrogen and oxygen atoms in total. The summed E-state index contributed by atoms with van der Waals surface area (Å²) in [5.74, 6) is 0.386. The summed E-state index contributed by atoms with van der Waals surface area (Å²) in [6.07, 6.45) is -0.120. The van der Waals surface area contributed by atoms with Crippen molar-refractivity contribution in [2.75, 3.05) is 37.6 Å². The normalized spacial score (nSPS) is 14.5. The van der Waals surface area contributed by atoms with Crippen LogP contribution in [0.25, 0.3) is 10.9 Å². The lowest BCUT2D eigenvalue weighted by Gasteiger charge is -2.35. The van der Waals surface area contributed by atoms with Gasteiger partial charge in [-0.1, -0.05) is 6.07 Å². The predicted octanol–water partition coefficient (Wildman–Crippen LogP) is 4.98. The quantitative estimate of drug-likeness (QED) is 0.511. The maximum Gasteiger partial charge on any atom is 0.416 e. The van der Waals surface area contributed by atoms with Gasteiger partial charge in [0.25, 0.3) is 0 Å². The Kier molecular flexibility index (Phi) is 8.79. The van der Waals surface area contributed by atoms with E-state index < -0.39 is 11.7 Å². The third-order valence-corrected chi connectivity index (χ3v) is 5.55. The van der Waals surface area contributed by atoms with Crippen LogP contribution in [0, 0.1) is 11.3 Å². The number of nitrogens with zero attached hydrogens (tertiary/aromatic N) is 5. The Hall–Kier alpha value is -2.47. The first kappa shape index (κ1) is 25.8. The maximum absolute atomic E-state index is 12.9. The molecule has 172 valence electrons. The Labute approximate surface area is 197 Å². The van der Waals surface area contributed by atoms with Crippen molar-refractivity contribution >= 4 is 41.5 Å². The Bertz CT molecular complexity index is 1070. The van der Waals surface area contributed by atoms with E-state index in [0.29, 0.717) is 24.5 Å². The second-order valence-corrected chi connectivity index (χ2v) is 7.48. The minimum absolute atomic E-state index is 0. The summed E-state index contributed by atoms with van der Waals surface area (Å²) in [6.45, 7) is 4.68. The molecule has 3 heterocycles. The molecule has 1 aromatic carbocycles.